The van der Waals surface area contributed by atoms with Gasteiger partial charge in [0.2, 0.25) is 5.91 Å². The fourth-order valence-corrected chi connectivity index (χ4v) is 4.26. The molecule has 174 valence electrons. The van der Waals surface area contributed by atoms with Gasteiger partial charge in [-0.15, -0.1) is 0 Å². The molecule has 9 heteroatoms. The molecule has 1 saturated heterocycles. The molecule has 1 fully saturated rings. The van der Waals surface area contributed by atoms with Gasteiger partial charge in [0.15, 0.2) is 0 Å². The minimum absolute atomic E-state index is 0.0340. The number of nitrogens with zero attached hydrogens (tertiary/aromatic N) is 1. The third-order valence-electron chi connectivity index (χ3n) is 5.78. The molecule has 9 nitrogen and oxygen atoms in total. The van der Waals surface area contributed by atoms with Crippen LogP contribution in [0.3, 0.4) is 0 Å². The van der Waals surface area contributed by atoms with E-state index in [4.69, 9.17) is 9.15 Å². The maximum Gasteiger partial charge on any atom is 0.338 e. The number of piperidine rings is 1. The molecule has 1 aromatic heterocycles. The summed E-state index contributed by atoms with van der Waals surface area (Å²) in [5.41, 5.74) is 1.53. The van der Waals surface area contributed by atoms with Crippen LogP contribution in [0.1, 0.15) is 31.6 Å². The lowest BCUT2D eigenvalue weighted by Gasteiger charge is -2.35. The Labute approximate surface area is 192 Å². The first-order valence-corrected chi connectivity index (χ1v) is 11.1. The minimum atomic E-state index is -0.746. The molecule has 0 spiro atoms. The number of carbonyl (C=O) groups is 3. The molecule has 2 aromatic rings. The number of nitrogens with one attached hydrogen (secondary N) is 3. The molecule has 2 aliphatic rings. The Hall–Kier alpha value is -3.59. The van der Waals surface area contributed by atoms with E-state index in [0.717, 1.165) is 25.1 Å². The molecule has 0 aliphatic carbocycles. The van der Waals surface area contributed by atoms with Crippen LogP contribution in [-0.4, -0.2) is 49.0 Å². The van der Waals surface area contributed by atoms with Gasteiger partial charge in [-0.2, -0.15) is 0 Å². The number of hydrogen-bond donors (Lipinski definition) is 3. The van der Waals surface area contributed by atoms with Crippen LogP contribution in [0.4, 0.5) is 10.5 Å². The average molecular weight is 453 g/mol. The largest absolute Gasteiger partial charge is 0.467 e. The lowest BCUT2D eigenvalue weighted by Crippen LogP contribution is -2.50. The molecular weight excluding hydrogens is 424 g/mol. The molecule has 2 unspecified atom stereocenters. The van der Waals surface area contributed by atoms with Gasteiger partial charge in [-0.3, -0.25) is 9.69 Å². The van der Waals surface area contributed by atoms with Crippen molar-refractivity contribution in [1.29, 1.82) is 0 Å². The first kappa shape index (κ1) is 22.6. The highest BCUT2D eigenvalue weighted by atomic mass is 16.5. The molecule has 3 heterocycles. The fourth-order valence-electron chi connectivity index (χ4n) is 4.26. The molecule has 3 amide bonds. The number of anilines is 1. The Bertz CT molecular complexity index is 1020. The van der Waals surface area contributed by atoms with E-state index in [2.05, 4.69) is 20.9 Å². The SMILES string of the molecule is CCOC(=O)C1=C(CN2CCCC(C(=O)Nc3ccccc3)C2)NC(=O)NC1c1ccco1. The summed E-state index contributed by atoms with van der Waals surface area (Å²) >= 11 is 0. The minimum Gasteiger partial charge on any atom is -0.467 e. The number of benzene rings is 1. The molecule has 2 aliphatic heterocycles. The van der Waals surface area contributed by atoms with E-state index >= 15 is 0 Å². The second-order valence-electron chi connectivity index (χ2n) is 8.09. The van der Waals surface area contributed by atoms with Crippen molar-refractivity contribution in [3.63, 3.8) is 0 Å². The van der Waals surface area contributed by atoms with E-state index in [1.165, 1.54) is 6.26 Å². The zero-order chi connectivity index (χ0) is 23.2. The number of ether oxygens (including phenoxy) is 1. The van der Waals surface area contributed by atoms with E-state index in [9.17, 15) is 14.4 Å². The smallest absolute Gasteiger partial charge is 0.338 e. The van der Waals surface area contributed by atoms with E-state index in [0.29, 0.717) is 30.1 Å². The molecule has 4 rings (SSSR count). The Kier molecular flexibility index (Phi) is 7.09. The summed E-state index contributed by atoms with van der Waals surface area (Å²) in [6.45, 7) is 3.53. The Morgan fingerprint density at radius 2 is 2.03 bits per heavy atom. The van der Waals surface area contributed by atoms with Crippen molar-refractivity contribution >= 4 is 23.6 Å². The van der Waals surface area contributed by atoms with Crippen LogP contribution in [-0.2, 0) is 14.3 Å². The Morgan fingerprint density at radius 3 is 2.76 bits per heavy atom. The van der Waals surface area contributed by atoms with Gasteiger partial charge in [0.25, 0.3) is 0 Å². The first-order chi connectivity index (χ1) is 16.0. The molecule has 33 heavy (non-hydrogen) atoms. The van der Waals surface area contributed by atoms with Crippen LogP contribution in [0.5, 0.6) is 0 Å². The van der Waals surface area contributed by atoms with Crippen LogP contribution < -0.4 is 16.0 Å². The van der Waals surface area contributed by atoms with Crippen molar-refractivity contribution in [1.82, 2.24) is 15.5 Å². The van der Waals surface area contributed by atoms with Crippen molar-refractivity contribution in [3.8, 4) is 0 Å². The van der Waals surface area contributed by atoms with Crippen molar-refractivity contribution in [2.75, 3.05) is 31.6 Å². The van der Waals surface area contributed by atoms with E-state index in [-0.39, 0.29) is 18.4 Å². The van der Waals surface area contributed by atoms with Crippen LogP contribution in [0.25, 0.3) is 0 Å². The number of para-hydroxylation sites is 1. The summed E-state index contributed by atoms with van der Waals surface area (Å²) in [6.07, 6.45) is 3.11. The zero-order valence-corrected chi connectivity index (χ0v) is 18.5. The number of furan rings is 1. The predicted octanol–water partition coefficient (Wildman–Crippen LogP) is 2.80. The summed E-state index contributed by atoms with van der Waals surface area (Å²) in [5.74, 6) is -0.293. The Morgan fingerprint density at radius 1 is 1.21 bits per heavy atom. The second kappa shape index (κ2) is 10.4. The number of amides is 3. The highest BCUT2D eigenvalue weighted by Gasteiger charge is 2.36. The van der Waals surface area contributed by atoms with Gasteiger partial charge >= 0.3 is 12.0 Å². The van der Waals surface area contributed by atoms with Crippen LogP contribution in [0.15, 0.2) is 64.4 Å². The van der Waals surface area contributed by atoms with Gasteiger partial charge in [0.1, 0.15) is 11.8 Å². The fraction of sp³-hybridized carbons (Fsp3) is 0.375. The van der Waals surface area contributed by atoms with Gasteiger partial charge in [0.05, 0.1) is 24.4 Å². The molecule has 0 bridgehead atoms. The van der Waals surface area contributed by atoms with Gasteiger partial charge in [-0.05, 0) is 50.6 Å². The lowest BCUT2D eigenvalue weighted by molar-refractivity contribution is -0.139. The summed E-state index contributed by atoms with van der Waals surface area (Å²) in [6, 6.07) is 11.6. The molecule has 1 aromatic carbocycles. The number of hydrogen-bond acceptors (Lipinski definition) is 6. The van der Waals surface area contributed by atoms with E-state index < -0.39 is 18.0 Å². The summed E-state index contributed by atoms with van der Waals surface area (Å²) < 4.78 is 10.7. The summed E-state index contributed by atoms with van der Waals surface area (Å²) in [5, 5.41) is 8.49. The number of carbonyl (C=O) groups excluding carboxylic acids is 3. The second-order valence-corrected chi connectivity index (χ2v) is 8.09. The highest BCUT2D eigenvalue weighted by Crippen LogP contribution is 2.29. The molecule has 2 atom stereocenters. The molecule has 3 N–H and O–H groups in total. The summed E-state index contributed by atoms with van der Waals surface area (Å²) in [7, 11) is 0. The number of likely N-dealkylation sites (tertiary alicyclic amines) is 1. The van der Waals surface area contributed by atoms with Gasteiger partial charge < -0.3 is 25.1 Å². The average Bonchev–Trinajstić information content (AvgIpc) is 3.34. The zero-order valence-electron chi connectivity index (χ0n) is 18.5. The maximum absolute atomic E-state index is 12.8. The van der Waals surface area contributed by atoms with Crippen molar-refractivity contribution in [2.24, 2.45) is 5.92 Å². The highest BCUT2D eigenvalue weighted by molar-refractivity contribution is 5.95. The number of esters is 1. The van der Waals surface area contributed by atoms with Crippen molar-refractivity contribution < 1.29 is 23.5 Å². The topological polar surface area (TPSA) is 113 Å². The van der Waals surface area contributed by atoms with Gasteiger partial charge in [-0.1, -0.05) is 18.2 Å². The first-order valence-electron chi connectivity index (χ1n) is 11.1. The number of urea groups is 1. The standard InChI is InChI=1S/C24H28N4O5/c1-2-32-23(30)20-18(26-24(31)27-21(20)19-11-7-13-33-19)15-28-12-6-8-16(14-28)22(29)25-17-9-4-3-5-10-17/h3-5,7,9-11,13,16,21H,2,6,8,12,14-15H2,1H3,(H,25,29)(H2,26,27,31). The predicted molar refractivity (Wildman–Crippen MR) is 121 cm³/mol. The van der Waals surface area contributed by atoms with Crippen molar-refractivity contribution in [3.05, 3.63) is 65.8 Å². The monoisotopic (exact) mass is 452 g/mol. The van der Waals surface area contributed by atoms with E-state index in [1.54, 1.807) is 19.1 Å². The normalized spacial score (nSPS) is 21.2. The quantitative estimate of drug-likeness (QED) is 0.557. The van der Waals surface area contributed by atoms with E-state index in [1.807, 2.05) is 30.3 Å². The third kappa shape index (κ3) is 5.43. The van der Waals surface area contributed by atoms with Gasteiger partial charge in [0, 0.05) is 24.5 Å². The Balaban J connectivity index is 1.52. The van der Waals surface area contributed by atoms with Crippen molar-refractivity contribution in [2.45, 2.75) is 25.8 Å². The van der Waals surface area contributed by atoms with Crippen LogP contribution in [0, 0.1) is 5.92 Å². The third-order valence-corrected chi connectivity index (χ3v) is 5.78. The maximum atomic E-state index is 12.8. The molecule has 0 radical (unpaired) electrons. The number of rotatable bonds is 7. The van der Waals surface area contributed by atoms with Crippen LogP contribution in [0.2, 0.25) is 0 Å². The lowest BCUT2D eigenvalue weighted by atomic mass is 9.95. The molecule has 0 saturated carbocycles. The van der Waals surface area contributed by atoms with Crippen LogP contribution >= 0.6 is 0 Å². The summed E-state index contributed by atoms with van der Waals surface area (Å²) in [4.78, 5) is 40.1. The molecular formula is C24H28N4O5. The van der Waals surface area contributed by atoms with Gasteiger partial charge in [-0.25, -0.2) is 9.59 Å².